The highest BCUT2D eigenvalue weighted by Gasteiger charge is 2.37. The molecule has 0 fully saturated rings. The maximum absolute atomic E-state index is 11.7. The second-order valence-corrected chi connectivity index (χ2v) is 10.4. The highest BCUT2D eigenvalue weighted by Crippen LogP contribution is 2.52. The van der Waals surface area contributed by atoms with Gasteiger partial charge in [0.2, 0.25) is 0 Å². The summed E-state index contributed by atoms with van der Waals surface area (Å²) >= 11 is 0. The van der Waals surface area contributed by atoms with Gasteiger partial charge in [0.1, 0.15) is 11.5 Å². The molecular formula is C28H39NO2. The lowest BCUT2D eigenvalue weighted by atomic mass is 9.65. The summed E-state index contributed by atoms with van der Waals surface area (Å²) in [6, 6.07) is 5.91. The summed E-state index contributed by atoms with van der Waals surface area (Å²) in [5.41, 5.74) is 5.86. The van der Waals surface area contributed by atoms with Gasteiger partial charge in [-0.05, 0) is 80.2 Å². The van der Waals surface area contributed by atoms with Gasteiger partial charge in [0, 0.05) is 28.9 Å². The highest BCUT2D eigenvalue weighted by molar-refractivity contribution is 5.78. The number of pyridine rings is 1. The van der Waals surface area contributed by atoms with E-state index in [-0.39, 0.29) is 22.8 Å². The first-order chi connectivity index (χ1) is 14.6. The molecule has 2 N–H and O–H groups in total. The summed E-state index contributed by atoms with van der Waals surface area (Å²) in [6.45, 7) is 13.1. The topological polar surface area (TPSA) is 53.4 Å². The molecule has 168 valence electrons. The first-order valence-corrected chi connectivity index (χ1v) is 11.8. The largest absolute Gasteiger partial charge is 0.507 e. The van der Waals surface area contributed by atoms with Crippen LogP contribution in [0.15, 0.2) is 36.0 Å². The van der Waals surface area contributed by atoms with Crippen LogP contribution in [-0.2, 0) is 6.42 Å². The SMILES string of the molecule is CCCCCc1cc(O)c([C@@H]2C=C(C)CC[C@H]2C(C)(C)C)c(O)c1-c1ccnc(C)c1. The zero-order chi connectivity index (χ0) is 22.8. The Morgan fingerprint density at radius 3 is 2.48 bits per heavy atom. The standard InChI is InChI=1S/C28H39NO2/c1-7-8-9-10-20-17-24(30)26(22-15-18(2)11-12-23(22)28(4,5)6)27(31)25(20)21-13-14-29-19(3)16-21/h13-17,22-23,30-31H,7-12H2,1-6H3/t22-,23-/m1/s1. The van der Waals surface area contributed by atoms with E-state index in [1.165, 1.54) is 5.57 Å². The summed E-state index contributed by atoms with van der Waals surface area (Å²) in [4.78, 5) is 4.34. The van der Waals surface area contributed by atoms with Crippen molar-refractivity contribution in [3.63, 3.8) is 0 Å². The molecule has 31 heavy (non-hydrogen) atoms. The van der Waals surface area contributed by atoms with Gasteiger partial charge in [-0.1, -0.05) is 52.2 Å². The number of allylic oxidation sites excluding steroid dienone is 2. The van der Waals surface area contributed by atoms with Crippen molar-refractivity contribution in [3.8, 4) is 22.6 Å². The number of phenols is 2. The van der Waals surface area contributed by atoms with Gasteiger partial charge >= 0.3 is 0 Å². The molecular weight excluding hydrogens is 382 g/mol. The smallest absolute Gasteiger partial charge is 0.131 e. The fraction of sp³-hybridized carbons (Fsp3) is 0.536. The van der Waals surface area contributed by atoms with Crippen molar-refractivity contribution in [2.75, 3.05) is 0 Å². The molecule has 0 saturated carbocycles. The number of hydrogen-bond acceptors (Lipinski definition) is 3. The van der Waals surface area contributed by atoms with Crippen LogP contribution in [0.1, 0.15) is 89.5 Å². The Kier molecular flexibility index (Phi) is 7.13. The Balaban J connectivity index is 2.22. The molecule has 3 nitrogen and oxygen atoms in total. The summed E-state index contributed by atoms with van der Waals surface area (Å²) in [6.07, 6.45) is 10.4. The number of nitrogens with zero attached hydrogens (tertiary/aromatic N) is 1. The maximum Gasteiger partial charge on any atom is 0.131 e. The second-order valence-electron chi connectivity index (χ2n) is 10.4. The van der Waals surface area contributed by atoms with E-state index in [1.807, 2.05) is 25.1 Å². The van der Waals surface area contributed by atoms with E-state index >= 15 is 0 Å². The molecule has 3 heteroatoms. The fourth-order valence-corrected chi connectivity index (χ4v) is 5.16. The lowest BCUT2D eigenvalue weighted by Crippen LogP contribution is -2.28. The number of aromatic hydroxyl groups is 2. The number of unbranched alkanes of at least 4 members (excludes halogenated alkanes) is 2. The van der Waals surface area contributed by atoms with Crippen LogP contribution < -0.4 is 0 Å². The van der Waals surface area contributed by atoms with E-state index in [0.717, 1.165) is 60.9 Å². The normalized spacial score (nSPS) is 19.4. The third-order valence-corrected chi connectivity index (χ3v) is 6.83. The number of aryl methyl sites for hydroxylation is 2. The van der Waals surface area contributed by atoms with E-state index in [4.69, 9.17) is 0 Å². The first-order valence-electron chi connectivity index (χ1n) is 11.8. The number of phenolic OH excluding ortho intramolecular Hbond substituents is 2. The monoisotopic (exact) mass is 421 g/mol. The van der Waals surface area contributed by atoms with E-state index in [1.54, 1.807) is 6.20 Å². The summed E-state index contributed by atoms with van der Waals surface area (Å²) < 4.78 is 0. The predicted octanol–water partition coefficient (Wildman–Crippen LogP) is 7.69. The molecule has 1 aromatic carbocycles. The summed E-state index contributed by atoms with van der Waals surface area (Å²) in [5.74, 6) is 0.817. The minimum atomic E-state index is 0.000117. The zero-order valence-electron chi connectivity index (χ0n) is 20.1. The van der Waals surface area contributed by atoms with Gasteiger partial charge in [0.15, 0.2) is 0 Å². The minimum absolute atomic E-state index is 0.000117. The maximum atomic E-state index is 11.7. The third kappa shape index (κ3) is 5.14. The molecule has 1 aromatic heterocycles. The van der Waals surface area contributed by atoms with Crippen LogP contribution >= 0.6 is 0 Å². The quantitative estimate of drug-likeness (QED) is 0.371. The third-order valence-electron chi connectivity index (χ3n) is 6.83. The average Bonchev–Trinajstić information content (AvgIpc) is 2.67. The van der Waals surface area contributed by atoms with Crippen LogP contribution in [0.5, 0.6) is 11.5 Å². The Labute approximate surface area is 188 Å². The Hall–Kier alpha value is -2.29. The lowest BCUT2D eigenvalue weighted by Gasteiger charge is -2.40. The molecule has 2 aromatic rings. The van der Waals surface area contributed by atoms with Crippen LogP contribution in [0.25, 0.3) is 11.1 Å². The van der Waals surface area contributed by atoms with Gasteiger partial charge in [-0.2, -0.15) is 0 Å². The first kappa shape index (κ1) is 23.4. The molecule has 2 atom stereocenters. The van der Waals surface area contributed by atoms with Gasteiger partial charge in [-0.15, -0.1) is 0 Å². The molecule has 0 spiro atoms. The highest BCUT2D eigenvalue weighted by atomic mass is 16.3. The lowest BCUT2D eigenvalue weighted by molar-refractivity contribution is 0.194. The molecule has 0 radical (unpaired) electrons. The molecule has 0 saturated heterocycles. The Morgan fingerprint density at radius 2 is 1.84 bits per heavy atom. The van der Waals surface area contributed by atoms with E-state index in [0.29, 0.717) is 11.5 Å². The van der Waals surface area contributed by atoms with Gasteiger partial charge in [-0.3, -0.25) is 4.98 Å². The van der Waals surface area contributed by atoms with E-state index < -0.39 is 0 Å². The number of hydrogen-bond donors (Lipinski definition) is 2. The molecule has 1 aliphatic rings. The summed E-state index contributed by atoms with van der Waals surface area (Å²) in [5, 5.41) is 22.8. The molecule has 0 aliphatic heterocycles. The van der Waals surface area contributed by atoms with Crippen molar-refractivity contribution in [2.24, 2.45) is 11.3 Å². The second kappa shape index (κ2) is 9.46. The van der Waals surface area contributed by atoms with Crippen molar-refractivity contribution in [3.05, 3.63) is 52.9 Å². The zero-order valence-corrected chi connectivity index (χ0v) is 20.1. The number of benzene rings is 1. The Morgan fingerprint density at radius 1 is 1.10 bits per heavy atom. The van der Waals surface area contributed by atoms with Crippen LogP contribution in [0.3, 0.4) is 0 Å². The molecule has 3 rings (SSSR count). The summed E-state index contributed by atoms with van der Waals surface area (Å²) in [7, 11) is 0. The molecule has 1 aliphatic carbocycles. The van der Waals surface area contributed by atoms with Gasteiger partial charge in [-0.25, -0.2) is 0 Å². The van der Waals surface area contributed by atoms with Crippen LogP contribution in [0.4, 0.5) is 0 Å². The van der Waals surface area contributed by atoms with Crippen LogP contribution in [0, 0.1) is 18.3 Å². The van der Waals surface area contributed by atoms with Crippen molar-refractivity contribution >= 4 is 0 Å². The molecule has 0 bridgehead atoms. The van der Waals surface area contributed by atoms with Crippen molar-refractivity contribution in [2.45, 2.75) is 86.0 Å². The van der Waals surface area contributed by atoms with Gasteiger partial charge < -0.3 is 10.2 Å². The average molecular weight is 422 g/mol. The van der Waals surface area contributed by atoms with Gasteiger partial charge in [0.25, 0.3) is 0 Å². The number of aromatic nitrogens is 1. The van der Waals surface area contributed by atoms with Crippen molar-refractivity contribution in [1.82, 2.24) is 4.98 Å². The minimum Gasteiger partial charge on any atom is -0.507 e. The van der Waals surface area contributed by atoms with E-state index in [2.05, 4.69) is 45.7 Å². The van der Waals surface area contributed by atoms with Crippen LogP contribution in [0.2, 0.25) is 0 Å². The van der Waals surface area contributed by atoms with Crippen molar-refractivity contribution < 1.29 is 10.2 Å². The Bertz CT molecular complexity index is 952. The fourth-order valence-electron chi connectivity index (χ4n) is 5.16. The number of rotatable bonds is 6. The van der Waals surface area contributed by atoms with Crippen LogP contribution in [-0.4, -0.2) is 15.2 Å². The molecule has 0 amide bonds. The van der Waals surface area contributed by atoms with Crippen molar-refractivity contribution in [1.29, 1.82) is 0 Å². The molecule has 0 unspecified atom stereocenters. The van der Waals surface area contributed by atoms with Gasteiger partial charge in [0.05, 0.1) is 0 Å². The molecule has 1 heterocycles. The predicted molar refractivity (Wildman–Crippen MR) is 130 cm³/mol. The van der Waals surface area contributed by atoms with E-state index in [9.17, 15) is 10.2 Å².